The number of ether oxygens (including phenoxy) is 1. The van der Waals surface area contributed by atoms with Crippen molar-refractivity contribution >= 4 is 17.9 Å². The highest BCUT2D eigenvalue weighted by atomic mass is 19.2. The van der Waals surface area contributed by atoms with Crippen LogP contribution in [0.25, 0.3) is 5.76 Å². The summed E-state index contributed by atoms with van der Waals surface area (Å²) in [5, 5.41) is 18.9. The highest BCUT2D eigenvalue weighted by Gasteiger charge is 2.25. The molecule has 0 amide bonds. The maximum Gasteiger partial charge on any atom is 0.343 e. The Morgan fingerprint density at radius 1 is 1.29 bits per heavy atom. The molecule has 1 atom stereocenters. The highest BCUT2D eigenvalue weighted by Crippen LogP contribution is 2.25. The lowest BCUT2D eigenvalue weighted by atomic mass is 10.1. The summed E-state index contributed by atoms with van der Waals surface area (Å²) in [5.41, 5.74) is -1.78. The van der Waals surface area contributed by atoms with Crippen LogP contribution < -0.4 is 0 Å². The number of carbonyl (C=O) groups is 1. The third kappa shape index (κ3) is 4.31. The number of nitrogens with zero attached hydrogens (tertiary/aromatic N) is 1. The second-order valence-electron chi connectivity index (χ2n) is 4.64. The summed E-state index contributed by atoms with van der Waals surface area (Å²) in [6.45, 7) is 2.43. The third-order valence-corrected chi connectivity index (χ3v) is 2.83. The van der Waals surface area contributed by atoms with Gasteiger partial charge in [0.25, 0.3) is 0 Å². The van der Waals surface area contributed by atoms with E-state index in [2.05, 4.69) is 9.73 Å². The van der Waals surface area contributed by atoms with Gasteiger partial charge in [0.15, 0.2) is 23.3 Å². The van der Waals surface area contributed by atoms with E-state index in [1.54, 1.807) is 0 Å². The summed E-state index contributed by atoms with van der Waals surface area (Å²) in [6.07, 6.45) is 0.771. The van der Waals surface area contributed by atoms with Gasteiger partial charge >= 0.3 is 5.97 Å². The molecule has 0 heterocycles. The van der Waals surface area contributed by atoms with Crippen molar-refractivity contribution in [2.75, 3.05) is 13.2 Å². The number of aliphatic hydroxyl groups is 2. The van der Waals surface area contributed by atoms with Gasteiger partial charge in [-0.3, -0.25) is 4.99 Å². The van der Waals surface area contributed by atoms with Gasteiger partial charge in [0.1, 0.15) is 11.3 Å². The minimum absolute atomic E-state index is 0.104. The fourth-order valence-corrected chi connectivity index (χ4v) is 1.56. The molecule has 0 spiro atoms. The van der Waals surface area contributed by atoms with Crippen LogP contribution in [-0.4, -0.2) is 41.7 Å². The molecule has 0 aliphatic rings. The smallest absolute Gasteiger partial charge is 0.343 e. The van der Waals surface area contributed by atoms with Crippen molar-refractivity contribution in [2.24, 2.45) is 4.99 Å². The molecule has 0 fully saturated rings. The van der Waals surface area contributed by atoms with E-state index in [9.17, 15) is 27.5 Å². The van der Waals surface area contributed by atoms with E-state index < -0.39 is 52.2 Å². The molecule has 5 nitrogen and oxygen atoms in total. The van der Waals surface area contributed by atoms with E-state index in [1.807, 2.05) is 0 Å². The largest absolute Gasteiger partial charge is 0.506 e. The number of aliphatic hydroxyl groups excluding tert-OH is 2. The van der Waals surface area contributed by atoms with E-state index in [-0.39, 0.29) is 19.3 Å². The van der Waals surface area contributed by atoms with Crippen molar-refractivity contribution in [1.82, 2.24) is 0 Å². The normalized spacial score (nSPS) is 13.8. The zero-order valence-electron chi connectivity index (χ0n) is 12.8. The Morgan fingerprint density at radius 2 is 1.92 bits per heavy atom. The molecule has 0 aromatic heterocycles. The van der Waals surface area contributed by atoms with Crippen molar-refractivity contribution in [3.8, 4) is 0 Å². The van der Waals surface area contributed by atoms with Gasteiger partial charge in [-0.05, 0) is 19.9 Å². The van der Waals surface area contributed by atoms with Crippen LogP contribution in [0, 0.1) is 23.3 Å². The van der Waals surface area contributed by atoms with Crippen LogP contribution in [0.1, 0.15) is 19.4 Å². The Balaban J connectivity index is 3.53. The zero-order valence-corrected chi connectivity index (χ0v) is 12.8. The van der Waals surface area contributed by atoms with Crippen molar-refractivity contribution in [3.05, 3.63) is 40.5 Å². The monoisotopic (exact) mass is 349 g/mol. The van der Waals surface area contributed by atoms with Gasteiger partial charge in [0, 0.05) is 6.21 Å². The molecule has 0 aliphatic carbocycles. The average Bonchev–Trinajstić information content (AvgIpc) is 2.56. The first-order valence-electron chi connectivity index (χ1n) is 6.82. The van der Waals surface area contributed by atoms with Crippen LogP contribution in [0.5, 0.6) is 0 Å². The van der Waals surface area contributed by atoms with Crippen LogP contribution in [0.3, 0.4) is 0 Å². The van der Waals surface area contributed by atoms with Crippen LogP contribution in [0.15, 0.2) is 16.6 Å². The summed E-state index contributed by atoms with van der Waals surface area (Å²) in [4.78, 5) is 15.5. The van der Waals surface area contributed by atoms with Crippen LogP contribution in [-0.2, 0) is 9.53 Å². The van der Waals surface area contributed by atoms with Crippen LogP contribution >= 0.6 is 0 Å². The van der Waals surface area contributed by atoms with Gasteiger partial charge in [-0.25, -0.2) is 22.4 Å². The molecule has 1 aromatic carbocycles. The first-order valence-corrected chi connectivity index (χ1v) is 6.82. The van der Waals surface area contributed by atoms with Gasteiger partial charge < -0.3 is 14.9 Å². The number of halogens is 4. The van der Waals surface area contributed by atoms with E-state index in [4.69, 9.17) is 5.11 Å². The number of hydrogen-bond acceptors (Lipinski definition) is 5. The van der Waals surface area contributed by atoms with Crippen molar-refractivity contribution in [2.45, 2.75) is 19.9 Å². The summed E-state index contributed by atoms with van der Waals surface area (Å²) < 4.78 is 57.9. The molecule has 132 valence electrons. The second kappa shape index (κ2) is 8.44. The average molecular weight is 349 g/mol. The Labute approximate surface area is 134 Å². The Morgan fingerprint density at radius 3 is 2.46 bits per heavy atom. The molecule has 1 aromatic rings. The fraction of sp³-hybridized carbons (Fsp3) is 0.333. The quantitative estimate of drug-likeness (QED) is 0.157. The Kier molecular flexibility index (Phi) is 6.90. The molecular formula is C15H15F4NO4. The molecular weight excluding hydrogens is 334 g/mol. The molecule has 0 bridgehead atoms. The molecule has 0 aliphatic heterocycles. The van der Waals surface area contributed by atoms with Crippen LogP contribution in [0.2, 0.25) is 0 Å². The maximum absolute atomic E-state index is 13.8. The predicted molar refractivity (Wildman–Crippen MR) is 77.5 cm³/mol. The summed E-state index contributed by atoms with van der Waals surface area (Å²) in [7, 11) is 0. The second-order valence-corrected chi connectivity index (χ2v) is 4.64. The lowest BCUT2D eigenvalue weighted by molar-refractivity contribution is -0.137. The number of carbonyl (C=O) groups excluding carboxylic acids is 1. The Bertz CT molecular complexity index is 689. The lowest BCUT2D eigenvalue weighted by Gasteiger charge is -2.09. The summed E-state index contributed by atoms with van der Waals surface area (Å²) in [6, 6.07) is -0.472. The van der Waals surface area contributed by atoms with Crippen molar-refractivity contribution < 1.29 is 37.3 Å². The maximum atomic E-state index is 13.8. The SMILES string of the molecule is CCOC(=O)/C(C=N[C@@H](C)CO)=C(/O)c1cc(F)c(F)c(F)c1F. The Hall–Kier alpha value is -2.42. The van der Waals surface area contributed by atoms with Gasteiger partial charge in [-0.1, -0.05) is 0 Å². The molecule has 0 saturated heterocycles. The van der Waals surface area contributed by atoms with E-state index in [1.165, 1.54) is 13.8 Å². The molecule has 9 heteroatoms. The van der Waals surface area contributed by atoms with Gasteiger partial charge in [0.2, 0.25) is 0 Å². The van der Waals surface area contributed by atoms with Gasteiger partial charge in [-0.15, -0.1) is 0 Å². The molecule has 1 rings (SSSR count). The fourth-order valence-electron chi connectivity index (χ4n) is 1.56. The molecule has 0 saturated carbocycles. The molecule has 2 N–H and O–H groups in total. The van der Waals surface area contributed by atoms with Crippen LogP contribution in [0.4, 0.5) is 17.6 Å². The molecule has 0 unspecified atom stereocenters. The summed E-state index contributed by atoms with van der Waals surface area (Å²) in [5.74, 6) is -10.1. The number of aliphatic imine (C=N–C) groups is 1. The van der Waals surface area contributed by atoms with Crippen molar-refractivity contribution in [1.29, 1.82) is 0 Å². The predicted octanol–water partition coefficient (Wildman–Crippen LogP) is 2.53. The minimum atomic E-state index is -2.14. The number of benzene rings is 1. The number of rotatable bonds is 6. The third-order valence-electron chi connectivity index (χ3n) is 2.83. The van der Waals surface area contributed by atoms with E-state index in [0.717, 1.165) is 6.21 Å². The van der Waals surface area contributed by atoms with Gasteiger partial charge in [0.05, 0.1) is 24.8 Å². The minimum Gasteiger partial charge on any atom is -0.506 e. The molecule has 24 heavy (non-hydrogen) atoms. The zero-order chi connectivity index (χ0) is 18.4. The lowest BCUT2D eigenvalue weighted by Crippen LogP contribution is -2.14. The number of esters is 1. The topological polar surface area (TPSA) is 79.1 Å². The standard InChI is InChI=1S/C15H15F4NO4/c1-3-24-15(23)9(5-20-7(2)6-21)14(22)8-4-10(16)12(18)13(19)11(8)17/h4-5,7,21-22H,3,6H2,1-2H3/b14-9+,20-5?/t7-/m0/s1. The summed E-state index contributed by atoms with van der Waals surface area (Å²) >= 11 is 0. The van der Waals surface area contributed by atoms with E-state index in [0.29, 0.717) is 0 Å². The van der Waals surface area contributed by atoms with Gasteiger partial charge in [-0.2, -0.15) is 0 Å². The number of hydrogen-bond donors (Lipinski definition) is 2. The first-order chi connectivity index (χ1) is 11.2. The van der Waals surface area contributed by atoms with Crippen molar-refractivity contribution in [3.63, 3.8) is 0 Å². The molecule has 0 radical (unpaired) electrons. The van der Waals surface area contributed by atoms with E-state index >= 15 is 0 Å². The highest BCUT2D eigenvalue weighted by molar-refractivity contribution is 6.15. The first kappa shape index (κ1) is 19.6.